The molecule has 3 amide bonds. The second kappa shape index (κ2) is 5.69. The fourth-order valence-electron chi connectivity index (χ4n) is 3.78. The second-order valence-electron chi connectivity index (χ2n) is 6.63. The second-order valence-corrected chi connectivity index (χ2v) is 6.63. The van der Waals surface area contributed by atoms with Crippen molar-refractivity contribution in [1.29, 1.82) is 0 Å². The van der Waals surface area contributed by atoms with Crippen molar-refractivity contribution in [3.8, 4) is 0 Å². The van der Waals surface area contributed by atoms with Crippen molar-refractivity contribution < 1.29 is 24.3 Å². The summed E-state index contributed by atoms with van der Waals surface area (Å²) in [5.41, 5.74) is 1.77. The lowest BCUT2D eigenvalue weighted by atomic mass is 9.80. The lowest BCUT2D eigenvalue weighted by Gasteiger charge is -2.30. The van der Waals surface area contributed by atoms with Crippen LogP contribution >= 0.6 is 0 Å². The quantitative estimate of drug-likeness (QED) is 0.618. The standard InChI is InChI=1S/C18H16N3O5/c1-7(9-4-5-12(22)20-16(9)23)14-13-10-3-2-8(18(25)26)6-11(10)19-15(13)17(24)21-14/h2-3,6,9,14,19H,4-5H2,1H3,(H,21,24)(H,25,26)(H,20,22,23). The van der Waals surface area contributed by atoms with Crippen LogP contribution in [0.1, 0.15) is 52.2 Å². The van der Waals surface area contributed by atoms with Gasteiger partial charge in [-0.2, -0.15) is 0 Å². The van der Waals surface area contributed by atoms with Crippen molar-refractivity contribution in [2.24, 2.45) is 5.92 Å². The molecule has 0 bridgehead atoms. The summed E-state index contributed by atoms with van der Waals surface area (Å²) >= 11 is 0. The molecule has 1 aromatic heterocycles. The zero-order chi connectivity index (χ0) is 18.6. The first-order valence-corrected chi connectivity index (χ1v) is 8.23. The Kier molecular flexibility index (Phi) is 3.57. The third-order valence-electron chi connectivity index (χ3n) is 5.12. The van der Waals surface area contributed by atoms with Gasteiger partial charge in [-0.25, -0.2) is 4.79 Å². The summed E-state index contributed by atoms with van der Waals surface area (Å²) in [7, 11) is 0. The maximum atomic E-state index is 12.4. The molecule has 0 aliphatic carbocycles. The number of piperidine rings is 1. The fourth-order valence-corrected chi connectivity index (χ4v) is 3.78. The molecule has 8 nitrogen and oxygen atoms in total. The van der Waals surface area contributed by atoms with E-state index in [0.717, 1.165) is 11.3 Å². The Morgan fingerprint density at radius 1 is 1.23 bits per heavy atom. The maximum Gasteiger partial charge on any atom is 0.335 e. The number of imide groups is 1. The van der Waals surface area contributed by atoms with Crippen LogP contribution in [-0.4, -0.2) is 33.8 Å². The van der Waals surface area contributed by atoms with E-state index in [-0.39, 0.29) is 29.7 Å². The molecular weight excluding hydrogens is 338 g/mol. The first-order chi connectivity index (χ1) is 12.4. The first kappa shape index (κ1) is 16.3. The van der Waals surface area contributed by atoms with Crippen LogP contribution < -0.4 is 10.6 Å². The topological polar surface area (TPSA) is 128 Å². The number of aromatic amines is 1. The summed E-state index contributed by atoms with van der Waals surface area (Å²) in [6.07, 6.45) is 0.668. The Morgan fingerprint density at radius 2 is 2.00 bits per heavy atom. The molecule has 2 aromatic rings. The van der Waals surface area contributed by atoms with Gasteiger partial charge in [0.15, 0.2) is 0 Å². The van der Waals surface area contributed by atoms with Gasteiger partial charge in [0, 0.05) is 34.7 Å². The number of carboxylic acids is 1. The smallest absolute Gasteiger partial charge is 0.335 e. The van der Waals surface area contributed by atoms with Crippen LogP contribution in [0.5, 0.6) is 0 Å². The van der Waals surface area contributed by atoms with Crippen LogP contribution in [0.15, 0.2) is 18.2 Å². The normalized spacial score (nSPS) is 22.5. The van der Waals surface area contributed by atoms with Gasteiger partial charge in [0.1, 0.15) is 5.69 Å². The summed E-state index contributed by atoms with van der Waals surface area (Å²) < 4.78 is 0. The Labute approximate surface area is 148 Å². The lowest BCUT2D eigenvalue weighted by Crippen LogP contribution is -2.44. The van der Waals surface area contributed by atoms with E-state index >= 15 is 0 Å². The number of H-pyrrole nitrogens is 1. The molecule has 2 aliphatic heterocycles. The summed E-state index contributed by atoms with van der Waals surface area (Å²) in [6, 6.07) is 4.17. The van der Waals surface area contributed by atoms with Gasteiger partial charge >= 0.3 is 5.97 Å². The number of carbonyl (C=O) groups is 4. The van der Waals surface area contributed by atoms with Crippen LogP contribution in [0, 0.1) is 11.8 Å². The molecule has 1 saturated heterocycles. The van der Waals surface area contributed by atoms with E-state index in [4.69, 9.17) is 5.11 Å². The fraction of sp³-hybridized carbons (Fsp3) is 0.278. The minimum atomic E-state index is -1.05. The van der Waals surface area contributed by atoms with Gasteiger partial charge in [0.2, 0.25) is 11.8 Å². The predicted molar refractivity (Wildman–Crippen MR) is 90.3 cm³/mol. The monoisotopic (exact) mass is 354 g/mol. The highest BCUT2D eigenvalue weighted by atomic mass is 16.4. The molecule has 0 saturated carbocycles. The molecule has 4 N–H and O–H groups in total. The SMILES string of the molecule is C[C](C1CCC(=O)NC1=O)C1NC(=O)c2[nH]c3cc(C(=O)O)ccc3c21. The Morgan fingerprint density at radius 3 is 2.69 bits per heavy atom. The number of carbonyl (C=O) groups excluding carboxylic acids is 3. The molecule has 1 radical (unpaired) electrons. The average molecular weight is 354 g/mol. The van der Waals surface area contributed by atoms with Crippen molar-refractivity contribution >= 4 is 34.6 Å². The molecule has 2 aliphatic rings. The van der Waals surface area contributed by atoms with E-state index in [9.17, 15) is 19.2 Å². The average Bonchev–Trinajstić information content (AvgIpc) is 3.11. The zero-order valence-electron chi connectivity index (χ0n) is 13.9. The van der Waals surface area contributed by atoms with E-state index in [2.05, 4.69) is 15.6 Å². The molecule has 2 atom stereocenters. The zero-order valence-corrected chi connectivity index (χ0v) is 13.9. The van der Waals surface area contributed by atoms with Crippen molar-refractivity contribution in [3.63, 3.8) is 0 Å². The van der Waals surface area contributed by atoms with Gasteiger partial charge in [0.05, 0.1) is 11.6 Å². The highest BCUT2D eigenvalue weighted by Gasteiger charge is 2.42. The van der Waals surface area contributed by atoms with Gasteiger partial charge in [-0.05, 0) is 18.6 Å². The van der Waals surface area contributed by atoms with Crippen molar-refractivity contribution in [1.82, 2.24) is 15.6 Å². The van der Waals surface area contributed by atoms with E-state index in [0.29, 0.717) is 23.2 Å². The highest BCUT2D eigenvalue weighted by molar-refractivity contribution is 6.07. The number of amides is 3. The van der Waals surface area contributed by atoms with Gasteiger partial charge in [-0.3, -0.25) is 19.7 Å². The number of hydrogen-bond acceptors (Lipinski definition) is 4. The molecule has 0 spiro atoms. The number of aromatic carboxylic acids is 1. The van der Waals surface area contributed by atoms with Gasteiger partial charge in [0.25, 0.3) is 5.91 Å². The molecule has 4 rings (SSSR count). The Balaban J connectivity index is 1.74. The van der Waals surface area contributed by atoms with E-state index < -0.39 is 17.9 Å². The van der Waals surface area contributed by atoms with E-state index in [1.165, 1.54) is 12.1 Å². The third kappa shape index (κ3) is 2.37. The molecular formula is C18H16N3O5. The number of rotatable bonds is 3. The number of carboxylic acid groups (broad SMARTS) is 1. The van der Waals surface area contributed by atoms with Crippen molar-refractivity contribution in [2.75, 3.05) is 0 Å². The van der Waals surface area contributed by atoms with Crippen LogP contribution in [0.25, 0.3) is 10.9 Å². The van der Waals surface area contributed by atoms with Crippen molar-refractivity contribution in [2.45, 2.75) is 25.8 Å². The predicted octanol–water partition coefficient (Wildman–Crippen LogP) is 1.30. The Hall–Kier alpha value is -3.16. The molecule has 26 heavy (non-hydrogen) atoms. The van der Waals surface area contributed by atoms with Gasteiger partial charge < -0.3 is 15.4 Å². The molecule has 1 aromatic carbocycles. The van der Waals surface area contributed by atoms with Crippen LogP contribution in [-0.2, 0) is 9.59 Å². The summed E-state index contributed by atoms with van der Waals surface area (Å²) in [4.78, 5) is 50.0. The number of nitrogens with one attached hydrogen (secondary N) is 3. The van der Waals surface area contributed by atoms with E-state index in [1.54, 1.807) is 13.0 Å². The lowest BCUT2D eigenvalue weighted by molar-refractivity contribution is -0.136. The van der Waals surface area contributed by atoms with E-state index in [1.807, 2.05) is 0 Å². The number of fused-ring (bicyclic) bond motifs is 3. The maximum absolute atomic E-state index is 12.4. The number of benzene rings is 1. The number of aromatic nitrogens is 1. The first-order valence-electron chi connectivity index (χ1n) is 8.23. The molecule has 2 unspecified atom stereocenters. The summed E-state index contributed by atoms with van der Waals surface area (Å²) in [6.45, 7) is 1.80. The largest absolute Gasteiger partial charge is 0.478 e. The Bertz CT molecular complexity index is 977. The molecule has 1 fully saturated rings. The van der Waals surface area contributed by atoms with Gasteiger partial charge in [-0.1, -0.05) is 13.0 Å². The third-order valence-corrected chi connectivity index (χ3v) is 5.12. The van der Waals surface area contributed by atoms with Gasteiger partial charge in [-0.15, -0.1) is 0 Å². The highest BCUT2D eigenvalue weighted by Crippen LogP contribution is 2.42. The van der Waals surface area contributed by atoms with Crippen LogP contribution in [0.3, 0.4) is 0 Å². The molecule has 133 valence electrons. The van der Waals surface area contributed by atoms with Crippen molar-refractivity contribution in [3.05, 3.63) is 40.9 Å². The molecule has 8 heteroatoms. The summed E-state index contributed by atoms with van der Waals surface area (Å²) in [5.74, 6) is -1.70. The van der Waals surface area contributed by atoms with Crippen LogP contribution in [0.4, 0.5) is 0 Å². The number of hydrogen-bond donors (Lipinski definition) is 4. The molecule has 3 heterocycles. The minimum Gasteiger partial charge on any atom is -0.478 e. The summed E-state index contributed by atoms with van der Waals surface area (Å²) in [5, 5.41) is 15.1. The van der Waals surface area contributed by atoms with Crippen LogP contribution in [0.2, 0.25) is 0 Å². The minimum absolute atomic E-state index is 0.125.